The van der Waals surface area contributed by atoms with Gasteiger partial charge in [0.15, 0.2) is 0 Å². The normalized spacial score (nSPS) is 12.4. The molecule has 1 aromatic carbocycles. The maximum Gasteiger partial charge on any atom is 0.133 e. The molecule has 1 aromatic rings. The van der Waals surface area contributed by atoms with E-state index in [0.29, 0.717) is 19.3 Å². The van der Waals surface area contributed by atoms with Gasteiger partial charge in [-0.15, -0.1) is 0 Å². The molecule has 1 atom stereocenters. The van der Waals surface area contributed by atoms with Crippen molar-refractivity contribution < 1.29 is 9.47 Å². The molecule has 3 nitrogen and oxygen atoms in total. The molecule has 0 amide bonds. The zero-order chi connectivity index (χ0) is 14.8. The highest BCUT2D eigenvalue weighted by atomic mass is 79.9. The van der Waals surface area contributed by atoms with Crippen molar-refractivity contribution in [2.75, 3.05) is 26.9 Å². The SMILES string of the molecule is CCCNC(CCC)c1ccc(OCCOC)c(Br)c1. The van der Waals surface area contributed by atoms with E-state index in [9.17, 15) is 0 Å². The average molecular weight is 344 g/mol. The lowest BCUT2D eigenvalue weighted by Crippen LogP contribution is -2.22. The van der Waals surface area contributed by atoms with Gasteiger partial charge in [-0.3, -0.25) is 0 Å². The Balaban J connectivity index is 2.71. The maximum atomic E-state index is 5.66. The predicted octanol–water partition coefficient (Wildman–Crippen LogP) is 4.32. The molecule has 0 aromatic heterocycles. The zero-order valence-electron chi connectivity index (χ0n) is 12.7. The van der Waals surface area contributed by atoms with Gasteiger partial charge >= 0.3 is 0 Å². The number of ether oxygens (including phenoxy) is 2. The Labute approximate surface area is 131 Å². The summed E-state index contributed by atoms with van der Waals surface area (Å²) in [6.45, 7) is 6.64. The van der Waals surface area contributed by atoms with E-state index in [-0.39, 0.29) is 0 Å². The third-order valence-electron chi connectivity index (χ3n) is 3.12. The van der Waals surface area contributed by atoms with Crippen molar-refractivity contribution in [2.45, 2.75) is 39.2 Å². The van der Waals surface area contributed by atoms with Crippen molar-refractivity contribution in [2.24, 2.45) is 0 Å². The second-order valence-corrected chi connectivity index (χ2v) is 5.68. The molecule has 0 heterocycles. The van der Waals surface area contributed by atoms with Crippen molar-refractivity contribution in [1.82, 2.24) is 5.32 Å². The molecule has 0 radical (unpaired) electrons. The van der Waals surface area contributed by atoms with Gasteiger partial charge in [-0.05, 0) is 53.0 Å². The number of nitrogens with one attached hydrogen (secondary N) is 1. The van der Waals surface area contributed by atoms with Crippen LogP contribution < -0.4 is 10.1 Å². The van der Waals surface area contributed by atoms with Crippen LogP contribution in [0.5, 0.6) is 5.75 Å². The molecule has 0 spiro atoms. The molecule has 1 rings (SSSR count). The molecule has 20 heavy (non-hydrogen) atoms. The van der Waals surface area contributed by atoms with E-state index in [2.05, 4.69) is 47.2 Å². The largest absolute Gasteiger partial charge is 0.490 e. The van der Waals surface area contributed by atoms with Gasteiger partial charge in [0.1, 0.15) is 12.4 Å². The molecular formula is C16H26BrNO2. The fraction of sp³-hybridized carbons (Fsp3) is 0.625. The minimum Gasteiger partial charge on any atom is -0.490 e. The summed E-state index contributed by atoms with van der Waals surface area (Å²) in [5.74, 6) is 0.872. The monoisotopic (exact) mass is 343 g/mol. The van der Waals surface area contributed by atoms with Gasteiger partial charge in [0, 0.05) is 13.2 Å². The van der Waals surface area contributed by atoms with Gasteiger partial charge in [0.25, 0.3) is 0 Å². The van der Waals surface area contributed by atoms with Crippen molar-refractivity contribution in [3.05, 3.63) is 28.2 Å². The van der Waals surface area contributed by atoms with Crippen LogP contribution in [0.2, 0.25) is 0 Å². The highest BCUT2D eigenvalue weighted by Crippen LogP contribution is 2.29. The number of rotatable bonds is 10. The van der Waals surface area contributed by atoms with Crippen LogP contribution in [0.3, 0.4) is 0 Å². The molecule has 0 aliphatic carbocycles. The van der Waals surface area contributed by atoms with Gasteiger partial charge in [-0.25, -0.2) is 0 Å². The van der Waals surface area contributed by atoms with Crippen LogP contribution in [0.1, 0.15) is 44.7 Å². The van der Waals surface area contributed by atoms with Crippen LogP contribution in [0.25, 0.3) is 0 Å². The summed E-state index contributed by atoms with van der Waals surface area (Å²) in [6, 6.07) is 6.76. The number of hydrogen-bond acceptors (Lipinski definition) is 3. The van der Waals surface area contributed by atoms with E-state index < -0.39 is 0 Å². The van der Waals surface area contributed by atoms with Crippen LogP contribution in [0.4, 0.5) is 0 Å². The quantitative estimate of drug-likeness (QED) is 0.642. The van der Waals surface area contributed by atoms with Crippen LogP contribution in [0, 0.1) is 0 Å². The summed E-state index contributed by atoms with van der Waals surface area (Å²) in [4.78, 5) is 0. The van der Waals surface area contributed by atoms with E-state index in [1.165, 1.54) is 12.0 Å². The zero-order valence-corrected chi connectivity index (χ0v) is 14.3. The highest BCUT2D eigenvalue weighted by Gasteiger charge is 2.11. The Morgan fingerprint density at radius 1 is 1.20 bits per heavy atom. The van der Waals surface area contributed by atoms with Gasteiger partial charge in [0.05, 0.1) is 11.1 Å². The first kappa shape index (κ1) is 17.5. The second-order valence-electron chi connectivity index (χ2n) is 4.83. The van der Waals surface area contributed by atoms with Crippen molar-refractivity contribution in [3.8, 4) is 5.75 Å². The standard InChI is InChI=1S/C16H26BrNO2/c1-4-6-15(18-9-5-2)13-7-8-16(14(17)12-13)20-11-10-19-3/h7-8,12,15,18H,4-6,9-11H2,1-3H3. The minimum atomic E-state index is 0.421. The lowest BCUT2D eigenvalue weighted by Gasteiger charge is -2.19. The van der Waals surface area contributed by atoms with Crippen LogP contribution in [-0.4, -0.2) is 26.9 Å². The second kappa shape index (κ2) is 10.2. The number of halogens is 1. The van der Waals surface area contributed by atoms with E-state index in [0.717, 1.165) is 29.6 Å². The van der Waals surface area contributed by atoms with Crippen LogP contribution >= 0.6 is 15.9 Å². The van der Waals surface area contributed by atoms with Gasteiger partial charge < -0.3 is 14.8 Å². The van der Waals surface area contributed by atoms with Crippen molar-refractivity contribution >= 4 is 15.9 Å². The molecule has 1 N–H and O–H groups in total. The van der Waals surface area contributed by atoms with Crippen molar-refractivity contribution in [3.63, 3.8) is 0 Å². The van der Waals surface area contributed by atoms with Crippen LogP contribution in [0.15, 0.2) is 22.7 Å². The first-order valence-electron chi connectivity index (χ1n) is 7.37. The smallest absolute Gasteiger partial charge is 0.133 e. The summed E-state index contributed by atoms with van der Waals surface area (Å²) >= 11 is 3.59. The summed E-state index contributed by atoms with van der Waals surface area (Å²) < 4.78 is 11.7. The van der Waals surface area contributed by atoms with E-state index >= 15 is 0 Å². The maximum absolute atomic E-state index is 5.66. The molecule has 0 aliphatic heterocycles. The predicted molar refractivity (Wildman–Crippen MR) is 87.5 cm³/mol. The Morgan fingerprint density at radius 2 is 2.00 bits per heavy atom. The molecule has 0 saturated carbocycles. The molecule has 0 aliphatic rings. The summed E-state index contributed by atoms with van der Waals surface area (Å²) in [5.41, 5.74) is 1.31. The fourth-order valence-electron chi connectivity index (χ4n) is 2.08. The van der Waals surface area contributed by atoms with Gasteiger partial charge in [-0.1, -0.05) is 26.3 Å². The molecule has 114 valence electrons. The fourth-order valence-corrected chi connectivity index (χ4v) is 2.59. The molecule has 0 bridgehead atoms. The molecular weight excluding hydrogens is 318 g/mol. The number of hydrogen-bond donors (Lipinski definition) is 1. The van der Waals surface area contributed by atoms with E-state index in [1.807, 2.05) is 6.07 Å². The van der Waals surface area contributed by atoms with E-state index in [4.69, 9.17) is 9.47 Å². The minimum absolute atomic E-state index is 0.421. The van der Waals surface area contributed by atoms with Crippen LogP contribution in [-0.2, 0) is 4.74 Å². The van der Waals surface area contributed by atoms with E-state index in [1.54, 1.807) is 7.11 Å². The third kappa shape index (κ3) is 5.81. The topological polar surface area (TPSA) is 30.5 Å². The summed E-state index contributed by atoms with van der Waals surface area (Å²) in [7, 11) is 1.68. The lowest BCUT2D eigenvalue weighted by molar-refractivity contribution is 0.146. The molecule has 0 fully saturated rings. The van der Waals surface area contributed by atoms with Gasteiger partial charge in [0.2, 0.25) is 0 Å². The number of methoxy groups -OCH3 is 1. The Hall–Kier alpha value is -0.580. The van der Waals surface area contributed by atoms with Crippen molar-refractivity contribution in [1.29, 1.82) is 0 Å². The summed E-state index contributed by atoms with van der Waals surface area (Å²) in [6.07, 6.45) is 3.47. The summed E-state index contributed by atoms with van der Waals surface area (Å²) in [5, 5.41) is 3.60. The molecule has 1 unspecified atom stereocenters. The first-order valence-corrected chi connectivity index (χ1v) is 8.16. The third-order valence-corrected chi connectivity index (χ3v) is 3.74. The Bertz CT molecular complexity index is 385. The average Bonchev–Trinajstić information content (AvgIpc) is 2.45. The number of benzene rings is 1. The van der Waals surface area contributed by atoms with Gasteiger partial charge in [-0.2, -0.15) is 0 Å². The highest BCUT2D eigenvalue weighted by molar-refractivity contribution is 9.10. The Morgan fingerprint density at radius 3 is 2.60 bits per heavy atom. The first-order chi connectivity index (χ1) is 9.72. The molecule has 0 saturated heterocycles. The lowest BCUT2D eigenvalue weighted by atomic mass is 10.0. The Kier molecular flexibility index (Phi) is 8.90. The molecule has 4 heteroatoms.